The molecule has 3 N–H and O–H groups in total. The largest absolute Gasteiger partial charge is 0.398 e. The molecule has 4 nitrogen and oxygen atoms in total. The lowest BCUT2D eigenvalue weighted by Crippen LogP contribution is -2.00. The van der Waals surface area contributed by atoms with E-state index in [1.165, 1.54) is 6.92 Å². The number of ketones is 1. The first-order valence-corrected chi connectivity index (χ1v) is 6.23. The summed E-state index contributed by atoms with van der Waals surface area (Å²) in [6.07, 6.45) is 0.403. The lowest BCUT2D eigenvalue weighted by atomic mass is 10.1. The van der Waals surface area contributed by atoms with E-state index in [1.807, 2.05) is 30.3 Å². The molecule has 0 amide bonds. The minimum atomic E-state index is -0.0464. The number of benzene rings is 2. The summed E-state index contributed by atoms with van der Waals surface area (Å²) < 4.78 is 0. The van der Waals surface area contributed by atoms with Gasteiger partial charge in [-0.2, -0.15) is 5.26 Å². The lowest BCUT2D eigenvalue weighted by Gasteiger charge is -2.09. The van der Waals surface area contributed by atoms with Crippen LogP contribution >= 0.6 is 0 Å². The standard InChI is InChI=1S/C16H15N3O/c1-11(20)15-7-6-14(10-16(15)18)19-13-4-2-12(3-5-13)8-9-17/h2-7,10,19H,8,18H2,1H3. The molecule has 0 unspecified atom stereocenters. The van der Waals surface area contributed by atoms with Crippen LogP contribution in [0.1, 0.15) is 22.8 Å². The highest BCUT2D eigenvalue weighted by molar-refractivity contribution is 5.99. The predicted octanol–water partition coefficient (Wildman–Crippen LogP) is 3.28. The molecular formula is C16H15N3O. The van der Waals surface area contributed by atoms with Gasteiger partial charge in [-0.05, 0) is 42.8 Å². The Bertz CT molecular complexity index is 669. The molecule has 2 aromatic rings. The first-order chi connectivity index (χ1) is 9.60. The Morgan fingerprint density at radius 2 is 1.85 bits per heavy atom. The average molecular weight is 265 g/mol. The lowest BCUT2D eigenvalue weighted by molar-refractivity contribution is 0.101. The van der Waals surface area contributed by atoms with Crippen molar-refractivity contribution in [2.45, 2.75) is 13.3 Å². The zero-order valence-corrected chi connectivity index (χ0v) is 11.2. The number of rotatable bonds is 4. The summed E-state index contributed by atoms with van der Waals surface area (Å²) in [7, 11) is 0. The van der Waals surface area contributed by atoms with E-state index in [4.69, 9.17) is 11.0 Å². The molecule has 0 fully saturated rings. The van der Waals surface area contributed by atoms with Gasteiger partial charge in [0.2, 0.25) is 0 Å². The monoisotopic (exact) mass is 265 g/mol. The normalized spacial score (nSPS) is 9.80. The number of carbonyl (C=O) groups is 1. The molecule has 0 aliphatic carbocycles. The van der Waals surface area contributed by atoms with Gasteiger partial charge in [0.1, 0.15) is 0 Å². The van der Waals surface area contributed by atoms with Crippen molar-refractivity contribution in [3.63, 3.8) is 0 Å². The van der Waals surface area contributed by atoms with Crippen molar-refractivity contribution in [1.29, 1.82) is 5.26 Å². The molecule has 0 spiro atoms. The number of nitriles is 1. The van der Waals surface area contributed by atoms with Crippen LogP contribution in [-0.4, -0.2) is 5.78 Å². The Morgan fingerprint density at radius 3 is 2.40 bits per heavy atom. The molecule has 0 saturated carbocycles. The number of nitrogens with two attached hydrogens (primary N) is 1. The Balaban J connectivity index is 2.16. The Morgan fingerprint density at radius 1 is 1.20 bits per heavy atom. The molecule has 0 atom stereocenters. The molecule has 4 heteroatoms. The van der Waals surface area contributed by atoms with Crippen LogP contribution in [0.4, 0.5) is 17.1 Å². The van der Waals surface area contributed by atoms with Crippen molar-refractivity contribution >= 4 is 22.8 Å². The maximum absolute atomic E-state index is 11.3. The summed E-state index contributed by atoms with van der Waals surface area (Å²) in [5.74, 6) is -0.0464. The van der Waals surface area contributed by atoms with Gasteiger partial charge in [0.25, 0.3) is 0 Å². The summed E-state index contributed by atoms with van der Waals surface area (Å²) in [4.78, 5) is 11.3. The molecule has 100 valence electrons. The van der Waals surface area contributed by atoms with Gasteiger partial charge in [-0.3, -0.25) is 4.79 Å². The number of nitrogens with zero attached hydrogens (tertiary/aromatic N) is 1. The van der Waals surface area contributed by atoms with E-state index in [0.717, 1.165) is 16.9 Å². The zero-order chi connectivity index (χ0) is 14.5. The summed E-state index contributed by atoms with van der Waals surface area (Å²) in [6, 6.07) is 15.0. The molecular weight excluding hydrogens is 250 g/mol. The smallest absolute Gasteiger partial charge is 0.161 e. The van der Waals surface area contributed by atoms with Gasteiger partial charge in [0.05, 0.1) is 12.5 Å². The van der Waals surface area contributed by atoms with Crippen LogP contribution in [0, 0.1) is 11.3 Å². The van der Waals surface area contributed by atoms with Gasteiger partial charge >= 0.3 is 0 Å². The highest BCUT2D eigenvalue weighted by atomic mass is 16.1. The van der Waals surface area contributed by atoms with E-state index >= 15 is 0 Å². The second-order valence-electron chi connectivity index (χ2n) is 4.52. The second-order valence-corrected chi connectivity index (χ2v) is 4.52. The number of nitrogen functional groups attached to an aromatic ring is 1. The quantitative estimate of drug-likeness (QED) is 0.656. The number of hydrogen-bond donors (Lipinski definition) is 2. The number of carbonyl (C=O) groups excluding carboxylic acids is 1. The molecule has 0 aliphatic heterocycles. The average Bonchev–Trinajstić information content (AvgIpc) is 2.41. The van der Waals surface area contributed by atoms with Gasteiger partial charge in [0.15, 0.2) is 5.78 Å². The molecule has 0 aromatic heterocycles. The minimum absolute atomic E-state index is 0.0464. The minimum Gasteiger partial charge on any atom is -0.398 e. The molecule has 2 rings (SSSR count). The van der Waals surface area contributed by atoms with Gasteiger partial charge in [-0.15, -0.1) is 0 Å². The van der Waals surface area contributed by atoms with E-state index in [9.17, 15) is 4.79 Å². The van der Waals surface area contributed by atoms with E-state index in [0.29, 0.717) is 17.7 Å². The number of anilines is 3. The zero-order valence-electron chi connectivity index (χ0n) is 11.2. The van der Waals surface area contributed by atoms with Crippen LogP contribution in [0.25, 0.3) is 0 Å². The number of hydrogen-bond acceptors (Lipinski definition) is 4. The van der Waals surface area contributed by atoms with E-state index in [1.54, 1.807) is 12.1 Å². The van der Waals surface area contributed by atoms with Crippen LogP contribution in [0.3, 0.4) is 0 Å². The maximum Gasteiger partial charge on any atom is 0.161 e. The van der Waals surface area contributed by atoms with Crippen LogP contribution in [0.5, 0.6) is 0 Å². The summed E-state index contributed by atoms with van der Waals surface area (Å²) in [6.45, 7) is 1.49. The highest BCUT2D eigenvalue weighted by Crippen LogP contribution is 2.22. The van der Waals surface area contributed by atoms with Crippen molar-refractivity contribution in [1.82, 2.24) is 0 Å². The third-order valence-corrected chi connectivity index (χ3v) is 2.96. The predicted molar refractivity (Wildman–Crippen MR) is 79.9 cm³/mol. The van der Waals surface area contributed by atoms with Gasteiger partial charge in [0, 0.05) is 22.6 Å². The molecule has 0 bridgehead atoms. The van der Waals surface area contributed by atoms with Crippen molar-refractivity contribution in [2.75, 3.05) is 11.1 Å². The van der Waals surface area contributed by atoms with E-state index < -0.39 is 0 Å². The van der Waals surface area contributed by atoms with Crippen molar-refractivity contribution in [3.8, 4) is 6.07 Å². The molecule has 2 aromatic carbocycles. The second kappa shape index (κ2) is 5.89. The fraction of sp³-hybridized carbons (Fsp3) is 0.125. The molecule has 0 radical (unpaired) electrons. The first kappa shape index (κ1) is 13.6. The number of nitrogens with one attached hydrogen (secondary N) is 1. The van der Waals surface area contributed by atoms with Crippen molar-refractivity contribution in [2.24, 2.45) is 0 Å². The van der Waals surface area contributed by atoms with Crippen molar-refractivity contribution < 1.29 is 4.79 Å². The Hall–Kier alpha value is -2.80. The first-order valence-electron chi connectivity index (χ1n) is 6.23. The van der Waals surface area contributed by atoms with Gasteiger partial charge in [-0.1, -0.05) is 12.1 Å². The van der Waals surface area contributed by atoms with Gasteiger partial charge < -0.3 is 11.1 Å². The molecule has 20 heavy (non-hydrogen) atoms. The topological polar surface area (TPSA) is 78.9 Å². The van der Waals surface area contributed by atoms with E-state index in [-0.39, 0.29) is 5.78 Å². The molecule has 0 heterocycles. The molecule has 0 saturated heterocycles. The third-order valence-electron chi connectivity index (χ3n) is 2.96. The Kier molecular flexibility index (Phi) is 4.02. The Labute approximate surface area is 117 Å². The summed E-state index contributed by atoms with van der Waals surface area (Å²) in [5.41, 5.74) is 9.53. The van der Waals surface area contributed by atoms with Crippen molar-refractivity contribution in [3.05, 3.63) is 53.6 Å². The van der Waals surface area contributed by atoms with Crippen LogP contribution in [-0.2, 0) is 6.42 Å². The summed E-state index contributed by atoms with van der Waals surface area (Å²) >= 11 is 0. The molecule has 0 aliphatic rings. The fourth-order valence-electron chi connectivity index (χ4n) is 1.92. The van der Waals surface area contributed by atoms with Gasteiger partial charge in [-0.25, -0.2) is 0 Å². The SMILES string of the molecule is CC(=O)c1ccc(Nc2ccc(CC#N)cc2)cc1N. The maximum atomic E-state index is 11.3. The van der Waals surface area contributed by atoms with Crippen LogP contribution < -0.4 is 11.1 Å². The van der Waals surface area contributed by atoms with Crippen LogP contribution in [0.2, 0.25) is 0 Å². The van der Waals surface area contributed by atoms with Crippen LogP contribution in [0.15, 0.2) is 42.5 Å². The third kappa shape index (κ3) is 3.15. The fourth-order valence-corrected chi connectivity index (χ4v) is 1.92. The van der Waals surface area contributed by atoms with E-state index in [2.05, 4.69) is 11.4 Å². The highest BCUT2D eigenvalue weighted by Gasteiger charge is 2.05. The summed E-state index contributed by atoms with van der Waals surface area (Å²) in [5, 5.41) is 11.8. The number of Topliss-reactive ketones (excluding diaryl/α,β-unsaturated/α-hetero) is 1.